The van der Waals surface area contributed by atoms with Crippen LogP contribution < -0.4 is 15.9 Å². The standard InChI is InChI=1S/C26H21N2P/c1-5-13-23(14-6-1)21-22-27-28-29(24-15-7-2-8-16-24,25-17-9-3-10-18-25)26-19-11-4-12-20-26/h1-21H. The number of nitrogens with zero attached hydrogens (tertiary/aromatic N) is 2. The number of hydrogen-bond donors (Lipinski definition) is 0. The SMILES string of the molecule is C(=Cc1ccccc1)=NN=P(c1ccccc1)(c1ccccc1)c1ccccc1. The molecular formula is C26H21N2P. The molecule has 0 saturated heterocycles. The molecule has 0 aliphatic rings. The molecule has 0 unspecified atom stereocenters. The van der Waals surface area contributed by atoms with E-state index in [9.17, 15) is 0 Å². The molecule has 4 aromatic rings. The summed E-state index contributed by atoms with van der Waals surface area (Å²) < 4.78 is 0. The van der Waals surface area contributed by atoms with Gasteiger partial charge in [0.1, 0.15) is 0 Å². The lowest BCUT2D eigenvalue weighted by molar-refractivity contribution is 1.30. The molecule has 0 aliphatic heterocycles. The van der Waals surface area contributed by atoms with Crippen LogP contribution in [0.1, 0.15) is 5.56 Å². The molecule has 4 rings (SSSR count). The summed E-state index contributed by atoms with van der Waals surface area (Å²) in [6.07, 6.45) is 1.86. The normalized spacial score (nSPS) is 10.6. The molecule has 4 aromatic carbocycles. The van der Waals surface area contributed by atoms with E-state index < -0.39 is 7.05 Å². The summed E-state index contributed by atoms with van der Waals surface area (Å²) in [5.74, 6) is 3.03. The lowest BCUT2D eigenvalue weighted by Crippen LogP contribution is -2.25. The molecule has 3 heteroatoms. The Morgan fingerprint density at radius 2 is 0.897 bits per heavy atom. The van der Waals surface area contributed by atoms with Gasteiger partial charge in [0.2, 0.25) is 0 Å². The van der Waals surface area contributed by atoms with Crippen molar-refractivity contribution in [3.63, 3.8) is 0 Å². The van der Waals surface area contributed by atoms with Crippen molar-refractivity contribution in [2.24, 2.45) is 9.96 Å². The molecule has 0 fully saturated rings. The quantitative estimate of drug-likeness (QED) is 0.245. The summed E-state index contributed by atoms with van der Waals surface area (Å²) in [7, 11) is -2.30. The van der Waals surface area contributed by atoms with E-state index in [1.54, 1.807) is 0 Å². The van der Waals surface area contributed by atoms with Crippen LogP contribution in [0.4, 0.5) is 0 Å². The van der Waals surface area contributed by atoms with Crippen LogP contribution in [-0.2, 0) is 0 Å². The van der Waals surface area contributed by atoms with Gasteiger partial charge in [-0.05, 0) is 5.56 Å². The van der Waals surface area contributed by atoms with Crippen LogP contribution in [0.2, 0.25) is 0 Å². The van der Waals surface area contributed by atoms with Crippen LogP contribution in [0.3, 0.4) is 0 Å². The van der Waals surface area contributed by atoms with Gasteiger partial charge in [-0.2, -0.15) is 0 Å². The number of hydrogen-bond acceptors (Lipinski definition) is 1. The van der Waals surface area contributed by atoms with E-state index in [0.29, 0.717) is 0 Å². The van der Waals surface area contributed by atoms with Gasteiger partial charge in [0.25, 0.3) is 0 Å². The third kappa shape index (κ3) is 4.20. The Hall–Kier alpha value is -3.44. The van der Waals surface area contributed by atoms with Crippen LogP contribution >= 0.6 is 7.05 Å². The summed E-state index contributed by atoms with van der Waals surface area (Å²) >= 11 is 0. The Bertz CT molecular complexity index is 1060. The first-order valence-corrected chi connectivity index (χ1v) is 11.3. The lowest BCUT2D eigenvalue weighted by Gasteiger charge is -2.24. The molecule has 0 aliphatic carbocycles. The first kappa shape index (κ1) is 18.9. The summed E-state index contributed by atoms with van der Waals surface area (Å²) in [5, 5.41) is 7.94. The summed E-state index contributed by atoms with van der Waals surface area (Å²) in [4.78, 5) is 4.97. The molecule has 0 atom stereocenters. The highest BCUT2D eigenvalue weighted by molar-refractivity contribution is 7.87. The van der Waals surface area contributed by atoms with E-state index >= 15 is 0 Å². The number of benzene rings is 4. The van der Waals surface area contributed by atoms with E-state index in [0.717, 1.165) is 5.56 Å². The monoisotopic (exact) mass is 392 g/mol. The molecule has 0 bridgehead atoms. The Labute approximate surface area is 171 Å². The zero-order valence-electron chi connectivity index (χ0n) is 16.0. The maximum absolute atomic E-state index is 4.97. The largest absolute Gasteiger partial charge is 0.149 e. The molecule has 0 saturated carbocycles. The Balaban J connectivity index is 1.96. The summed E-state index contributed by atoms with van der Waals surface area (Å²) in [6, 6.07) is 41.4. The topological polar surface area (TPSA) is 24.7 Å². The summed E-state index contributed by atoms with van der Waals surface area (Å²) in [5.41, 5.74) is 1.05. The van der Waals surface area contributed by atoms with Gasteiger partial charge in [-0.3, -0.25) is 0 Å². The molecule has 0 spiro atoms. The first-order chi connectivity index (χ1) is 14.4. The maximum Gasteiger partial charge on any atom is 0.0845 e. The van der Waals surface area contributed by atoms with E-state index in [1.165, 1.54) is 15.9 Å². The van der Waals surface area contributed by atoms with Crippen LogP contribution in [0.15, 0.2) is 131 Å². The first-order valence-electron chi connectivity index (χ1n) is 9.51. The fourth-order valence-electron chi connectivity index (χ4n) is 3.28. The highest BCUT2D eigenvalue weighted by Crippen LogP contribution is 2.46. The van der Waals surface area contributed by atoms with E-state index in [2.05, 4.69) is 83.8 Å². The maximum atomic E-state index is 4.97. The minimum Gasteiger partial charge on any atom is -0.149 e. The zero-order valence-corrected chi connectivity index (χ0v) is 16.9. The molecule has 0 aromatic heterocycles. The van der Waals surface area contributed by atoms with Crippen LogP contribution in [0.5, 0.6) is 0 Å². The Kier molecular flexibility index (Phi) is 5.98. The van der Waals surface area contributed by atoms with Crippen molar-refractivity contribution in [2.45, 2.75) is 0 Å². The fourth-order valence-corrected chi connectivity index (χ4v) is 6.48. The van der Waals surface area contributed by atoms with Crippen LogP contribution in [0, 0.1) is 0 Å². The van der Waals surface area contributed by atoms with Crippen LogP contribution in [0.25, 0.3) is 6.08 Å². The van der Waals surface area contributed by atoms with Gasteiger partial charge in [0.15, 0.2) is 0 Å². The highest BCUT2D eigenvalue weighted by Gasteiger charge is 2.27. The van der Waals surface area contributed by atoms with Gasteiger partial charge in [-0.25, -0.2) is 0 Å². The van der Waals surface area contributed by atoms with Gasteiger partial charge >= 0.3 is 0 Å². The molecule has 0 radical (unpaired) electrons. The van der Waals surface area contributed by atoms with Crippen molar-refractivity contribution in [3.05, 3.63) is 127 Å². The zero-order chi connectivity index (χ0) is 19.8. The number of rotatable bonds is 5. The minimum absolute atomic E-state index is 1.05. The third-order valence-corrected chi connectivity index (χ3v) is 8.15. The lowest BCUT2D eigenvalue weighted by atomic mass is 10.2. The molecule has 2 nitrogen and oxygen atoms in total. The predicted molar refractivity (Wildman–Crippen MR) is 126 cm³/mol. The van der Waals surface area contributed by atoms with Gasteiger partial charge in [-0.1, -0.05) is 121 Å². The third-order valence-electron chi connectivity index (χ3n) is 4.66. The Morgan fingerprint density at radius 3 is 1.31 bits per heavy atom. The van der Waals surface area contributed by atoms with Crippen molar-refractivity contribution in [2.75, 3.05) is 0 Å². The predicted octanol–water partition coefficient (Wildman–Crippen LogP) is 5.46. The fraction of sp³-hybridized carbons (Fsp3) is 0. The minimum atomic E-state index is -2.30. The van der Waals surface area contributed by atoms with E-state index in [-0.39, 0.29) is 0 Å². The van der Waals surface area contributed by atoms with Crippen molar-refractivity contribution in [1.29, 1.82) is 0 Å². The molecule has 0 heterocycles. The molecule has 0 amide bonds. The average Bonchev–Trinajstić information content (AvgIpc) is 2.82. The Morgan fingerprint density at radius 1 is 0.517 bits per heavy atom. The molecule has 140 valence electrons. The summed E-state index contributed by atoms with van der Waals surface area (Å²) in [6.45, 7) is 0. The van der Waals surface area contributed by atoms with Gasteiger partial charge in [0.05, 0.1) is 7.05 Å². The second-order valence-electron chi connectivity index (χ2n) is 6.52. The molecular weight excluding hydrogens is 371 g/mol. The van der Waals surface area contributed by atoms with Crippen LogP contribution in [-0.4, -0.2) is 5.87 Å². The molecule has 29 heavy (non-hydrogen) atoms. The van der Waals surface area contributed by atoms with E-state index in [1.807, 2.05) is 54.6 Å². The van der Waals surface area contributed by atoms with Crippen molar-refractivity contribution < 1.29 is 0 Å². The van der Waals surface area contributed by atoms with E-state index in [4.69, 9.17) is 4.85 Å². The van der Waals surface area contributed by atoms with Gasteiger partial charge < -0.3 is 0 Å². The second-order valence-corrected chi connectivity index (χ2v) is 9.51. The highest BCUT2D eigenvalue weighted by atomic mass is 31.2. The van der Waals surface area contributed by atoms with Crippen molar-refractivity contribution in [1.82, 2.24) is 0 Å². The van der Waals surface area contributed by atoms with Gasteiger partial charge in [-0.15, -0.1) is 9.96 Å². The smallest absolute Gasteiger partial charge is 0.0845 e. The second kappa shape index (κ2) is 9.17. The van der Waals surface area contributed by atoms with Crippen molar-refractivity contribution >= 4 is 34.9 Å². The molecule has 0 N–H and O–H groups in total. The average molecular weight is 392 g/mol. The van der Waals surface area contributed by atoms with Crippen molar-refractivity contribution in [3.8, 4) is 0 Å². The van der Waals surface area contributed by atoms with Gasteiger partial charge in [0, 0.05) is 27.9 Å².